The van der Waals surface area contributed by atoms with E-state index >= 15 is 0 Å². The first kappa shape index (κ1) is 18.5. The summed E-state index contributed by atoms with van der Waals surface area (Å²) in [5.41, 5.74) is 7.36. The summed E-state index contributed by atoms with van der Waals surface area (Å²) in [5, 5.41) is 2.89. The Hall–Kier alpha value is -1.53. The van der Waals surface area contributed by atoms with Gasteiger partial charge in [0.2, 0.25) is 11.8 Å². The minimum Gasteiger partial charge on any atom is -0.369 e. The predicted molar refractivity (Wildman–Crippen MR) is 91.4 cm³/mol. The van der Waals surface area contributed by atoms with Crippen LogP contribution in [-0.2, 0) is 22.7 Å². The minimum absolute atomic E-state index is 0.0849. The molecule has 0 saturated carbocycles. The highest BCUT2D eigenvalue weighted by Gasteiger charge is 2.09. The van der Waals surface area contributed by atoms with Crippen LogP contribution in [0.25, 0.3) is 0 Å². The Morgan fingerprint density at radius 1 is 1.23 bits per heavy atom. The lowest BCUT2D eigenvalue weighted by Gasteiger charge is -2.22. The number of hydrogen-bond donors (Lipinski definition) is 2. The second-order valence-electron chi connectivity index (χ2n) is 5.51. The Balaban J connectivity index is 2.51. The standard InChI is InChI=1S/C16H25N3O2S/c1-12(2)19(3)9-14-7-5-4-6-13(14)8-18-16(21)11-22-10-15(17)20/h4-7,12H,8-11H2,1-3H3,(H2,17,20)(H,18,21). The molecule has 0 atom stereocenters. The maximum absolute atomic E-state index is 11.7. The molecule has 0 heterocycles. The summed E-state index contributed by atoms with van der Waals surface area (Å²) in [7, 11) is 2.08. The van der Waals surface area contributed by atoms with Gasteiger partial charge in [-0.2, -0.15) is 0 Å². The number of benzene rings is 1. The number of nitrogens with zero attached hydrogens (tertiary/aromatic N) is 1. The van der Waals surface area contributed by atoms with Crippen molar-refractivity contribution in [3.05, 3.63) is 35.4 Å². The van der Waals surface area contributed by atoms with Crippen LogP contribution in [0.2, 0.25) is 0 Å². The third kappa shape index (κ3) is 6.95. The molecule has 122 valence electrons. The highest BCUT2D eigenvalue weighted by Crippen LogP contribution is 2.12. The number of nitrogens with one attached hydrogen (secondary N) is 1. The molecule has 0 aromatic heterocycles. The van der Waals surface area contributed by atoms with Crippen LogP contribution < -0.4 is 11.1 Å². The monoisotopic (exact) mass is 323 g/mol. The molecule has 0 unspecified atom stereocenters. The van der Waals surface area contributed by atoms with Gasteiger partial charge in [0, 0.05) is 19.1 Å². The molecule has 0 fully saturated rings. The van der Waals surface area contributed by atoms with Gasteiger partial charge >= 0.3 is 0 Å². The Labute approximate surface area is 136 Å². The van der Waals surface area contributed by atoms with Gasteiger partial charge in [-0.1, -0.05) is 24.3 Å². The van der Waals surface area contributed by atoms with E-state index in [4.69, 9.17) is 5.73 Å². The van der Waals surface area contributed by atoms with E-state index in [0.29, 0.717) is 12.6 Å². The fourth-order valence-electron chi connectivity index (χ4n) is 1.82. The Bertz CT molecular complexity index is 506. The first-order valence-corrected chi connectivity index (χ1v) is 8.45. The first-order chi connectivity index (χ1) is 10.4. The summed E-state index contributed by atoms with van der Waals surface area (Å²) >= 11 is 1.23. The number of primary amides is 1. The summed E-state index contributed by atoms with van der Waals surface area (Å²) in [6.45, 7) is 5.65. The van der Waals surface area contributed by atoms with Crippen molar-refractivity contribution in [3.63, 3.8) is 0 Å². The van der Waals surface area contributed by atoms with Gasteiger partial charge in [0.05, 0.1) is 11.5 Å². The van der Waals surface area contributed by atoms with Crippen molar-refractivity contribution < 1.29 is 9.59 Å². The van der Waals surface area contributed by atoms with Gasteiger partial charge in [-0.05, 0) is 32.0 Å². The van der Waals surface area contributed by atoms with Crippen LogP contribution in [0.4, 0.5) is 0 Å². The molecule has 6 heteroatoms. The molecular weight excluding hydrogens is 298 g/mol. The van der Waals surface area contributed by atoms with Crippen molar-refractivity contribution in [1.29, 1.82) is 0 Å². The van der Waals surface area contributed by atoms with Gasteiger partial charge in [-0.15, -0.1) is 11.8 Å². The molecule has 0 aliphatic heterocycles. The third-order valence-corrected chi connectivity index (χ3v) is 4.33. The van der Waals surface area contributed by atoms with E-state index in [1.54, 1.807) is 0 Å². The largest absolute Gasteiger partial charge is 0.369 e. The zero-order chi connectivity index (χ0) is 16.5. The normalized spacial score (nSPS) is 11.0. The molecule has 2 amide bonds. The predicted octanol–water partition coefficient (Wildman–Crippen LogP) is 1.36. The van der Waals surface area contributed by atoms with E-state index in [1.165, 1.54) is 17.3 Å². The lowest BCUT2D eigenvalue weighted by Crippen LogP contribution is -2.28. The Morgan fingerprint density at radius 2 is 1.86 bits per heavy atom. The van der Waals surface area contributed by atoms with Gasteiger partial charge in [0.1, 0.15) is 0 Å². The first-order valence-electron chi connectivity index (χ1n) is 7.30. The maximum Gasteiger partial charge on any atom is 0.230 e. The zero-order valence-corrected chi connectivity index (χ0v) is 14.3. The summed E-state index contributed by atoms with van der Waals surface area (Å²) in [6, 6.07) is 8.57. The van der Waals surface area contributed by atoms with Crippen LogP contribution in [0.5, 0.6) is 0 Å². The number of thioether (sulfide) groups is 1. The number of carbonyl (C=O) groups is 2. The van der Waals surface area contributed by atoms with Gasteiger partial charge in [0.25, 0.3) is 0 Å². The molecular formula is C16H25N3O2S. The van der Waals surface area contributed by atoms with Crippen molar-refractivity contribution in [2.75, 3.05) is 18.6 Å². The van der Waals surface area contributed by atoms with Crippen LogP contribution >= 0.6 is 11.8 Å². The average Bonchev–Trinajstić information content (AvgIpc) is 2.45. The minimum atomic E-state index is -0.403. The van der Waals surface area contributed by atoms with Crippen LogP contribution in [-0.4, -0.2) is 41.3 Å². The summed E-state index contributed by atoms with van der Waals surface area (Å²) < 4.78 is 0. The second kappa shape index (κ2) is 9.48. The van der Waals surface area contributed by atoms with Gasteiger partial charge < -0.3 is 11.1 Å². The Kier molecular flexibility index (Phi) is 7.98. The van der Waals surface area contributed by atoms with Gasteiger partial charge in [0.15, 0.2) is 0 Å². The van der Waals surface area contributed by atoms with Crippen molar-refractivity contribution >= 4 is 23.6 Å². The lowest BCUT2D eigenvalue weighted by molar-refractivity contribution is -0.118. The molecule has 1 aromatic carbocycles. The van der Waals surface area contributed by atoms with E-state index in [9.17, 15) is 9.59 Å². The van der Waals surface area contributed by atoms with E-state index < -0.39 is 5.91 Å². The topological polar surface area (TPSA) is 75.4 Å². The van der Waals surface area contributed by atoms with Gasteiger partial charge in [-0.25, -0.2) is 0 Å². The maximum atomic E-state index is 11.7. The van der Waals surface area contributed by atoms with Crippen molar-refractivity contribution in [2.24, 2.45) is 5.73 Å². The van der Waals surface area contributed by atoms with Crippen LogP contribution in [0, 0.1) is 0 Å². The summed E-state index contributed by atoms with van der Waals surface area (Å²) in [5.74, 6) is -0.0710. The van der Waals surface area contributed by atoms with Crippen molar-refractivity contribution in [3.8, 4) is 0 Å². The number of hydrogen-bond acceptors (Lipinski definition) is 4. The number of carbonyl (C=O) groups excluding carboxylic acids is 2. The van der Waals surface area contributed by atoms with Crippen molar-refractivity contribution in [1.82, 2.24) is 10.2 Å². The third-order valence-electron chi connectivity index (χ3n) is 3.37. The summed E-state index contributed by atoms with van der Waals surface area (Å²) in [4.78, 5) is 24.6. The molecule has 1 rings (SSSR count). The number of nitrogens with two attached hydrogens (primary N) is 1. The SMILES string of the molecule is CC(C)N(C)Cc1ccccc1CNC(=O)CSCC(N)=O. The molecule has 22 heavy (non-hydrogen) atoms. The van der Waals surface area contributed by atoms with Crippen molar-refractivity contribution in [2.45, 2.75) is 33.0 Å². The molecule has 5 nitrogen and oxygen atoms in total. The summed E-state index contributed by atoms with van der Waals surface area (Å²) in [6.07, 6.45) is 0. The molecule has 0 bridgehead atoms. The van der Waals surface area contributed by atoms with E-state index in [0.717, 1.165) is 12.1 Å². The fourth-order valence-corrected chi connectivity index (χ4v) is 2.42. The number of rotatable bonds is 9. The zero-order valence-electron chi connectivity index (χ0n) is 13.5. The van der Waals surface area contributed by atoms with Gasteiger partial charge in [-0.3, -0.25) is 14.5 Å². The fraction of sp³-hybridized carbons (Fsp3) is 0.500. The lowest BCUT2D eigenvalue weighted by atomic mass is 10.1. The van der Waals surface area contributed by atoms with Crippen LogP contribution in [0.15, 0.2) is 24.3 Å². The van der Waals surface area contributed by atoms with E-state index in [2.05, 4.69) is 37.2 Å². The highest BCUT2D eigenvalue weighted by atomic mass is 32.2. The molecule has 0 saturated heterocycles. The molecule has 3 N–H and O–H groups in total. The molecule has 0 radical (unpaired) electrons. The average molecular weight is 323 g/mol. The highest BCUT2D eigenvalue weighted by molar-refractivity contribution is 8.00. The van der Waals surface area contributed by atoms with E-state index in [1.807, 2.05) is 18.2 Å². The van der Waals surface area contributed by atoms with Crippen LogP contribution in [0.1, 0.15) is 25.0 Å². The number of amides is 2. The van der Waals surface area contributed by atoms with E-state index in [-0.39, 0.29) is 17.4 Å². The quantitative estimate of drug-likeness (QED) is 0.719. The molecule has 0 aliphatic carbocycles. The van der Waals surface area contributed by atoms with Crippen LogP contribution in [0.3, 0.4) is 0 Å². The molecule has 1 aromatic rings. The second-order valence-corrected chi connectivity index (χ2v) is 6.50. The molecule has 0 aliphatic rings. The molecule has 0 spiro atoms. The smallest absolute Gasteiger partial charge is 0.230 e. The Morgan fingerprint density at radius 3 is 2.45 bits per heavy atom.